The summed E-state index contributed by atoms with van der Waals surface area (Å²) in [5.74, 6) is 0.0715. The summed E-state index contributed by atoms with van der Waals surface area (Å²) in [6.07, 6.45) is 3.08. The van der Waals surface area contributed by atoms with Crippen molar-refractivity contribution < 1.29 is 27.8 Å². The Morgan fingerprint density at radius 2 is 1.93 bits per heavy atom. The predicted octanol–water partition coefficient (Wildman–Crippen LogP) is 2.45. The van der Waals surface area contributed by atoms with Gasteiger partial charge in [-0.2, -0.15) is 0 Å². The average Bonchev–Trinajstić information content (AvgIpc) is 3.68. The predicted molar refractivity (Wildman–Crippen MR) is 143 cm³/mol. The number of halogens is 2. The van der Waals surface area contributed by atoms with Crippen molar-refractivity contribution in [2.24, 2.45) is 5.92 Å². The third-order valence-corrected chi connectivity index (χ3v) is 8.73. The zero-order valence-corrected chi connectivity index (χ0v) is 22.7. The number of aromatic nitrogens is 4. The molecule has 2 fully saturated rings. The average molecular weight is 569 g/mol. The first kappa shape index (κ1) is 26.0. The van der Waals surface area contributed by atoms with Gasteiger partial charge in [-0.25, -0.2) is 28.5 Å². The van der Waals surface area contributed by atoms with Crippen LogP contribution >= 0.6 is 0 Å². The van der Waals surface area contributed by atoms with Gasteiger partial charge in [-0.15, -0.1) is 0 Å². The van der Waals surface area contributed by atoms with Crippen LogP contribution in [0.15, 0.2) is 6.20 Å². The van der Waals surface area contributed by atoms with Crippen molar-refractivity contribution in [2.75, 3.05) is 50.1 Å². The van der Waals surface area contributed by atoms with E-state index >= 15 is 8.78 Å². The van der Waals surface area contributed by atoms with Crippen molar-refractivity contribution in [1.29, 1.82) is 0 Å². The number of fused-ring (bicyclic) bond motifs is 3. The van der Waals surface area contributed by atoms with Crippen LogP contribution in [0.25, 0.3) is 11.0 Å². The molecule has 1 spiro atoms. The van der Waals surface area contributed by atoms with Gasteiger partial charge >= 0.3 is 6.09 Å². The molecule has 1 aliphatic carbocycles. The molecule has 41 heavy (non-hydrogen) atoms. The van der Waals surface area contributed by atoms with Gasteiger partial charge in [0.2, 0.25) is 0 Å². The summed E-state index contributed by atoms with van der Waals surface area (Å²) in [6.45, 7) is 4.14. The normalized spacial score (nSPS) is 21.1. The molecule has 3 N–H and O–H groups in total. The van der Waals surface area contributed by atoms with Crippen LogP contribution in [0, 0.1) is 17.6 Å². The van der Waals surface area contributed by atoms with Gasteiger partial charge in [0.1, 0.15) is 22.5 Å². The fourth-order valence-corrected chi connectivity index (χ4v) is 6.37. The van der Waals surface area contributed by atoms with Gasteiger partial charge in [0.15, 0.2) is 29.9 Å². The number of nitrogens with zero attached hydrogens (tertiary/aromatic N) is 5. The lowest BCUT2D eigenvalue weighted by Gasteiger charge is -2.38. The number of likely N-dealkylation sites (tertiary alicyclic amines) is 1. The van der Waals surface area contributed by atoms with Gasteiger partial charge in [0, 0.05) is 32.5 Å². The molecule has 3 aliphatic heterocycles. The second kappa shape index (κ2) is 9.58. The molecule has 0 radical (unpaired) electrons. The van der Waals surface area contributed by atoms with E-state index in [2.05, 4.69) is 35.5 Å². The number of ether oxygens (including phenoxy) is 2. The molecule has 4 aliphatic rings. The van der Waals surface area contributed by atoms with Crippen LogP contribution in [0.1, 0.15) is 42.8 Å². The first-order valence-corrected chi connectivity index (χ1v) is 13.8. The van der Waals surface area contributed by atoms with E-state index in [1.54, 1.807) is 7.05 Å². The van der Waals surface area contributed by atoms with Crippen LogP contribution < -0.4 is 20.3 Å². The molecular weight excluding hydrogens is 538 g/mol. The van der Waals surface area contributed by atoms with E-state index in [0.29, 0.717) is 68.8 Å². The lowest BCUT2D eigenvalue weighted by atomic mass is 9.90. The van der Waals surface area contributed by atoms with Crippen molar-refractivity contribution in [1.82, 2.24) is 30.2 Å². The van der Waals surface area contributed by atoms with Crippen molar-refractivity contribution in [3.8, 4) is 5.88 Å². The summed E-state index contributed by atoms with van der Waals surface area (Å²) in [7, 11) is 1.77. The van der Waals surface area contributed by atoms with Crippen molar-refractivity contribution in [3.63, 3.8) is 0 Å². The highest BCUT2D eigenvalue weighted by Gasteiger charge is 2.48. The number of benzene rings is 1. The number of anilines is 2. The number of amides is 2. The SMILES string of the molecule is CN[C@@H](C)c1nc2c(F)c3c(c(F)c2[nH]1)CC(CN1CCC2(CC1)CN(c1cnc4c(n1)NC(=O)CO4)C(=O)O2)C3. The van der Waals surface area contributed by atoms with Crippen molar-refractivity contribution in [2.45, 2.75) is 44.2 Å². The van der Waals surface area contributed by atoms with Gasteiger partial charge in [-0.1, -0.05) is 0 Å². The van der Waals surface area contributed by atoms with E-state index in [1.807, 2.05) is 6.92 Å². The highest BCUT2D eigenvalue weighted by atomic mass is 19.1. The second-order valence-corrected chi connectivity index (χ2v) is 11.4. The van der Waals surface area contributed by atoms with Gasteiger partial charge in [-0.3, -0.25) is 9.69 Å². The number of piperidine rings is 1. The lowest BCUT2D eigenvalue weighted by Crippen LogP contribution is -2.48. The fraction of sp³-hybridized carbons (Fsp3) is 0.519. The van der Waals surface area contributed by atoms with Gasteiger partial charge in [0.05, 0.1) is 18.8 Å². The van der Waals surface area contributed by atoms with Crippen LogP contribution in [0.5, 0.6) is 5.88 Å². The number of hydrogen-bond donors (Lipinski definition) is 3. The van der Waals surface area contributed by atoms with E-state index in [0.717, 1.165) is 0 Å². The number of carbonyl (C=O) groups is 2. The minimum Gasteiger partial charge on any atom is -0.465 e. The molecule has 1 unspecified atom stereocenters. The number of aromatic amines is 1. The molecular formula is C27H30F2N8O4. The van der Waals surface area contributed by atoms with Gasteiger partial charge in [-0.05, 0) is 43.9 Å². The van der Waals surface area contributed by atoms with E-state index in [4.69, 9.17) is 9.47 Å². The molecule has 2 aromatic heterocycles. The number of H-pyrrole nitrogens is 1. The van der Waals surface area contributed by atoms with Crippen molar-refractivity contribution in [3.05, 3.63) is 34.8 Å². The minimum atomic E-state index is -0.658. The molecule has 5 heterocycles. The van der Waals surface area contributed by atoms with Crippen molar-refractivity contribution >= 4 is 34.7 Å². The molecule has 2 amide bonds. The largest absolute Gasteiger partial charge is 0.465 e. The molecule has 0 bridgehead atoms. The Morgan fingerprint density at radius 3 is 2.68 bits per heavy atom. The summed E-state index contributed by atoms with van der Waals surface area (Å²) in [5.41, 5.74) is 0.398. The number of carbonyl (C=O) groups excluding carboxylic acids is 2. The van der Waals surface area contributed by atoms with Gasteiger partial charge < -0.3 is 30.0 Å². The quantitative estimate of drug-likeness (QED) is 0.424. The Morgan fingerprint density at radius 1 is 1.17 bits per heavy atom. The number of hydrogen-bond acceptors (Lipinski definition) is 9. The number of rotatable bonds is 5. The van der Waals surface area contributed by atoms with Crippen LogP contribution in [0.3, 0.4) is 0 Å². The Hall–Kier alpha value is -3.91. The third kappa shape index (κ3) is 4.36. The minimum absolute atomic E-state index is 0.0602. The summed E-state index contributed by atoms with van der Waals surface area (Å²) >= 11 is 0. The first-order valence-electron chi connectivity index (χ1n) is 13.8. The zero-order chi connectivity index (χ0) is 28.5. The Labute approximate surface area is 233 Å². The number of imidazole rings is 1. The molecule has 0 saturated carbocycles. The monoisotopic (exact) mass is 568 g/mol. The third-order valence-electron chi connectivity index (χ3n) is 8.73. The van der Waals surface area contributed by atoms with Crippen LogP contribution in [-0.4, -0.2) is 82.3 Å². The molecule has 2 atom stereocenters. The molecule has 14 heteroatoms. The van der Waals surface area contributed by atoms with E-state index in [-0.39, 0.29) is 53.0 Å². The molecule has 7 rings (SSSR count). The van der Waals surface area contributed by atoms with E-state index in [9.17, 15) is 9.59 Å². The Balaban J connectivity index is 0.998. The van der Waals surface area contributed by atoms with Crippen LogP contribution in [0.2, 0.25) is 0 Å². The Bertz CT molecular complexity index is 1520. The van der Waals surface area contributed by atoms with E-state index in [1.165, 1.54) is 11.1 Å². The summed E-state index contributed by atoms with van der Waals surface area (Å²) in [4.78, 5) is 44.0. The summed E-state index contributed by atoms with van der Waals surface area (Å²) in [5, 5.41) is 5.64. The fourth-order valence-electron chi connectivity index (χ4n) is 6.37. The first-order chi connectivity index (χ1) is 19.7. The molecule has 12 nitrogen and oxygen atoms in total. The van der Waals surface area contributed by atoms with Gasteiger partial charge in [0.25, 0.3) is 11.8 Å². The number of nitrogens with one attached hydrogen (secondary N) is 3. The zero-order valence-electron chi connectivity index (χ0n) is 22.7. The maximum Gasteiger partial charge on any atom is 0.416 e. The smallest absolute Gasteiger partial charge is 0.416 e. The van der Waals surface area contributed by atoms with Crippen LogP contribution in [-0.2, 0) is 22.4 Å². The molecule has 216 valence electrons. The summed E-state index contributed by atoms with van der Waals surface area (Å²) < 4.78 is 42.0. The topological polar surface area (TPSA) is 138 Å². The molecule has 1 aromatic carbocycles. The van der Waals surface area contributed by atoms with E-state index < -0.39 is 23.3 Å². The standard InChI is InChI=1S/C27H30F2N8O4/c1-13(30-2)23-34-21-19(28)15-7-14(8-16(15)20(29)22(21)35-23)10-36-5-3-27(4-6-36)12-37(26(39)41-27)17-9-31-25-24(32-17)33-18(38)11-40-25/h9,13-14,30H,3-8,10-12H2,1-2H3,(H,34,35)(H,32,33,38)/t13-/m0/s1. The maximum atomic E-state index is 15.4. The molecule has 2 saturated heterocycles. The highest BCUT2D eigenvalue weighted by Crippen LogP contribution is 2.39. The molecule has 3 aromatic rings. The van der Waals surface area contributed by atoms with Crippen LogP contribution in [0.4, 0.5) is 25.2 Å². The maximum absolute atomic E-state index is 15.4. The Kier molecular flexibility index (Phi) is 6.08. The highest BCUT2D eigenvalue weighted by molar-refractivity contribution is 5.94. The second-order valence-electron chi connectivity index (χ2n) is 11.4. The lowest BCUT2D eigenvalue weighted by molar-refractivity contribution is -0.118. The summed E-state index contributed by atoms with van der Waals surface area (Å²) in [6, 6.07) is -0.152.